The lowest BCUT2D eigenvalue weighted by Crippen LogP contribution is -2.26. The second-order valence-corrected chi connectivity index (χ2v) is 5.55. The molecule has 0 fully saturated rings. The number of benzene rings is 2. The average molecular weight is 352 g/mol. The highest BCUT2D eigenvalue weighted by Crippen LogP contribution is 2.24. The molecular weight excluding hydrogens is 337 g/mol. The third-order valence-corrected chi connectivity index (χ3v) is 3.57. The lowest BCUT2D eigenvalue weighted by atomic mass is 10.1. The number of nitrogens with zero attached hydrogens (tertiary/aromatic N) is 1. The van der Waals surface area contributed by atoms with Crippen molar-refractivity contribution in [2.45, 2.75) is 6.54 Å². The van der Waals surface area contributed by atoms with Gasteiger partial charge in [-0.15, -0.1) is 0 Å². The molecule has 0 saturated carbocycles. The Balaban J connectivity index is 2.17. The molecule has 0 bridgehead atoms. The van der Waals surface area contributed by atoms with E-state index in [-0.39, 0.29) is 11.7 Å². The first-order chi connectivity index (χ1) is 10.0. The molecule has 0 N–H and O–H groups in total. The molecule has 1 amide bonds. The summed E-state index contributed by atoms with van der Waals surface area (Å²) in [5.41, 5.74) is 1.36. The number of hydrogen-bond acceptors (Lipinski definition) is 2. The Kier molecular flexibility index (Phi) is 4.96. The van der Waals surface area contributed by atoms with Crippen molar-refractivity contribution in [3.05, 3.63) is 63.9 Å². The van der Waals surface area contributed by atoms with Gasteiger partial charge in [0, 0.05) is 18.1 Å². The quantitative estimate of drug-likeness (QED) is 0.836. The van der Waals surface area contributed by atoms with Crippen molar-refractivity contribution in [3.8, 4) is 5.75 Å². The number of rotatable bonds is 4. The van der Waals surface area contributed by atoms with Crippen LogP contribution in [0.3, 0.4) is 0 Å². The number of ether oxygens (including phenoxy) is 1. The lowest BCUT2D eigenvalue weighted by Gasteiger charge is -2.19. The zero-order chi connectivity index (χ0) is 15.4. The standard InChI is InChI=1S/C16H15BrFNO2/c1-19(10-11-3-6-13(18)7-4-11)16(20)14-8-5-12(17)9-15(14)21-2/h3-9H,10H2,1-2H3. The summed E-state index contributed by atoms with van der Waals surface area (Å²) in [5.74, 6) is 0.0753. The SMILES string of the molecule is COc1cc(Br)ccc1C(=O)N(C)Cc1ccc(F)cc1. The molecule has 0 heterocycles. The van der Waals surface area contributed by atoms with Crippen molar-refractivity contribution in [1.29, 1.82) is 0 Å². The van der Waals surface area contributed by atoms with E-state index in [2.05, 4.69) is 15.9 Å². The van der Waals surface area contributed by atoms with Gasteiger partial charge in [-0.3, -0.25) is 4.79 Å². The number of carbonyl (C=O) groups excluding carboxylic acids is 1. The van der Waals surface area contributed by atoms with E-state index in [4.69, 9.17) is 4.74 Å². The molecule has 0 saturated heterocycles. The molecule has 2 rings (SSSR count). The third-order valence-electron chi connectivity index (χ3n) is 3.07. The number of amides is 1. The van der Waals surface area contributed by atoms with Crippen LogP contribution in [0.25, 0.3) is 0 Å². The Bertz CT molecular complexity index is 643. The fraction of sp³-hybridized carbons (Fsp3) is 0.188. The molecule has 0 unspecified atom stereocenters. The van der Waals surface area contributed by atoms with Crippen molar-refractivity contribution in [2.24, 2.45) is 0 Å². The molecule has 2 aromatic carbocycles. The Morgan fingerprint density at radius 2 is 1.90 bits per heavy atom. The van der Waals surface area contributed by atoms with E-state index >= 15 is 0 Å². The van der Waals surface area contributed by atoms with Crippen LogP contribution >= 0.6 is 15.9 Å². The van der Waals surface area contributed by atoms with Crippen LogP contribution in [0.5, 0.6) is 5.75 Å². The summed E-state index contributed by atoms with van der Waals surface area (Å²) in [4.78, 5) is 14.0. The summed E-state index contributed by atoms with van der Waals surface area (Å²) < 4.78 is 19.0. The van der Waals surface area contributed by atoms with Crippen LogP contribution in [0.2, 0.25) is 0 Å². The number of halogens is 2. The molecule has 0 atom stereocenters. The summed E-state index contributed by atoms with van der Waals surface area (Å²) in [7, 11) is 3.23. The van der Waals surface area contributed by atoms with Crippen molar-refractivity contribution in [3.63, 3.8) is 0 Å². The Labute approximate surface area is 131 Å². The normalized spacial score (nSPS) is 10.3. The van der Waals surface area contributed by atoms with Gasteiger partial charge in [-0.25, -0.2) is 4.39 Å². The van der Waals surface area contributed by atoms with Gasteiger partial charge in [0.05, 0.1) is 12.7 Å². The van der Waals surface area contributed by atoms with E-state index in [0.717, 1.165) is 10.0 Å². The van der Waals surface area contributed by atoms with Gasteiger partial charge in [-0.1, -0.05) is 28.1 Å². The Morgan fingerprint density at radius 3 is 2.52 bits per heavy atom. The number of carbonyl (C=O) groups is 1. The highest BCUT2D eigenvalue weighted by molar-refractivity contribution is 9.10. The molecule has 0 aliphatic heterocycles. The Hall–Kier alpha value is -1.88. The Morgan fingerprint density at radius 1 is 1.24 bits per heavy atom. The molecule has 0 aromatic heterocycles. The van der Waals surface area contributed by atoms with Crippen LogP contribution in [0.1, 0.15) is 15.9 Å². The molecule has 21 heavy (non-hydrogen) atoms. The molecule has 0 aliphatic carbocycles. The number of hydrogen-bond donors (Lipinski definition) is 0. The van der Waals surface area contributed by atoms with Crippen molar-refractivity contribution >= 4 is 21.8 Å². The van der Waals surface area contributed by atoms with E-state index in [1.807, 2.05) is 0 Å². The topological polar surface area (TPSA) is 29.5 Å². The number of methoxy groups -OCH3 is 1. The molecule has 0 spiro atoms. The van der Waals surface area contributed by atoms with E-state index in [0.29, 0.717) is 17.9 Å². The maximum Gasteiger partial charge on any atom is 0.257 e. The summed E-state index contributed by atoms with van der Waals surface area (Å²) >= 11 is 3.34. The van der Waals surface area contributed by atoms with E-state index in [9.17, 15) is 9.18 Å². The predicted octanol–water partition coefficient (Wildman–Crippen LogP) is 3.87. The highest BCUT2D eigenvalue weighted by atomic mass is 79.9. The second-order valence-electron chi connectivity index (χ2n) is 4.63. The van der Waals surface area contributed by atoms with Crippen LogP contribution in [0, 0.1) is 5.82 Å². The molecule has 3 nitrogen and oxygen atoms in total. The molecule has 2 aromatic rings. The first kappa shape index (κ1) is 15.5. The van der Waals surface area contributed by atoms with Crippen LogP contribution in [0.4, 0.5) is 4.39 Å². The van der Waals surface area contributed by atoms with Crippen LogP contribution < -0.4 is 4.74 Å². The van der Waals surface area contributed by atoms with Gasteiger partial charge in [-0.05, 0) is 35.9 Å². The molecule has 5 heteroatoms. The van der Waals surface area contributed by atoms with E-state index < -0.39 is 0 Å². The summed E-state index contributed by atoms with van der Waals surface area (Å²) in [5, 5.41) is 0. The zero-order valence-electron chi connectivity index (χ0n) is 11.8. The average Bonchev–Trinajstić information content (AvgIpc) is 2.48. The molecule has 110 valence electrons. The van der Waals surface area contributed by atoms with E-state index in [1.54, 1.807) is 42.3 Å². The maximum atomic E-state index is 12.9. The van der Waals surface area contributed by atoms with Gasteiger partial charge in [0.1, 0.15) is 11.6 Å². The van der Waals surface area contributed by atoms with Crippen LogP contribution in [0.15, 0.2) is 46.9 Å². The summed E-state index contributed by atoms with van der Waals surface area (Å²) in [6.07, 6.45) is 0. The largest absolute Gasteiger partial charge is 0.496 e. The smallest absolute Gasteiger partial charge is 0.257 e. The maximum absolute atomic E-state index is 12.9. The van der Waals surface area contributed by atoms with Crippen LogP contribution in [-0.4, -0.2) is 25.0 Å². The van der Waals surface area contributed by atoms with Gasteiger partial charge >= 0.3 is 0 Å². The van der Waals surface area contributed by atoms with Gasteiger partial charge in [0.25, 0.3) is 5.91 Å². The van der Waals surface area contributed by atoms with Crippen molar-refractivity contribution < 1.29 is 13.9 Å². The minimum atomic E-state index is -0.290. The van der Waals surface area contributed by atoms with Crippen molar-refractivity contribution in [2.75, 3.05) is 14.2 Å². The lowest BCUT2D eigenvalue weighted by molar-refractivity contribution is 0.0781. The zero-order valence-corrected chi connectivity index (χ0v) is 13.4. The third kappa shape index (κ3) is 3.82. The molecule has 0 radical (unpaired) electrons. The fourth-order valence-electron chi connectivity index (χ4n) is 1.98. The van der Waals surface area contributed by atoms with Gasteiger partial charge < -0.3 is 9.64 Å². The molecular formula is C16H15BrFNO2. The minimum Gasteiger partial charge on any atom is -0.496 e. The molecule has 0 aliphatic rings. The monoisotopic (exact) mass is 351 g/mol. The van der Waals surface area contributed by atoms with Gasteiger partial charge in [-0.2, -0.15) is 0 Å². The van der Waals surface area contributed by atoms with Gasteiger partial charge in [0.15, 0.2) is 0 Å². The summed E-state index contributed by atoms with van der Waals surface area (Å²) in [6, 6.07) is 11.4. The van der Waals surface area contributed by atoms with Crippen molar-refractivity contribution in [1.82, 2.24) is 4.90 Å². The predicted molar refractivity (Wildman–Crippen MR) is 82.9 cm³/mol. The van der Waals surface area contributed by atoms with E-state index in [1.165, 1.54) is 19.2 Å². The first-order valence-electron chi connectivity index (χ1n) is 6.34. The highest BCUT2D eigenvalue weighted by Gasteiger charge is 2.17. The first-order valence-corrected chi connectivity index (χ1v) is 7.14. The summed E-state index contributed by atoms with van der Waals surface area (Å²) in [6.45, 7) is 0.401. The fourth-order valence-corrected chi connectivity index (χ4v) is 2.32. The van der Waals surface area contributed by atoms with Crippen LogP contribution in [-0.2, 0) is 6.54 Å². The minimum absolute atomic E-state index is 0.149. The van der Waals surface area contributed by atoms with Gasteiger partial charge in [0.2, 0.25) is 0 Å². The second kappa shape index (κ2) is 6.72.